The summed E-state index contributed by atoms with van der Waals surface area (Å²) in [6.07, 6.45) is 2.74. The van der Waals surface area contributed by atoms with Gasteiger partial charge in [0.25, 0.3) is 5.91 Å². The van der Waals surface area contributed by atoms with E-state index in [0.717, 1.165) is 11.8 Å². The molecule has 0 unspecified atom stereocenters. The van der Waals surface area contributed by atoms with E-state index < -0.39 is 0 Å². The summed E-state index contributed by atoms with van der Waals surface area (Å²) in [5, 5.41) is 16.4. The lowest BCUT2D eigenvalue weighted by Gasteiger charge is -2.17. The predicted molar refractivity (Wildman–Crippen MR) is 115 cm³/mol. The fraction of sp³-hybridized carbons (Fsp3) is 0.158. The molecule has 28 heavy (non-hydrogen) atoms. The summed E-state index contributed by atoms with van der Waals surface area (Å²) in [6.45, 7) is 1.99. The molecule has 144 valence electrons. The number of benzene rings is 1. The molecule has 0 saturated carbocycles. The zero-order valence-electron chi connectivity index (χ0n) is 15.3. The Kier molecular flexibility index (Phi) is 6.23. The van der Waals surface area contributed by atoms with Gasteiger partial charge in [-0.2, -0.15) is 0 Å². The molecule has 0 radical (unpaired) electrons. The molecule has 0 fully saturated rings. The van der Waals surface area contributed by atoms with Crippen molar-refractivity contribution in [1.82, 2.24) is 9.97 Å². The molecule has 7 nitrogen and oxygen atoms in total. The average molecular weight is 415 g/mol. The number of anilines is 3. The number of halogens is 1. The molecule has 2 heterocycles. The van der Waals surface area contributed by atoms with Gasteiger partial charge in [0.2, 0.25) is 0 Å². The molecule has 9 heteroatoms. The van der Waals surface area contributed by atoms with Gasteiger partial charge in [0.1, 0.15) is 11.5 Å². The zero-order chi connectivity index (χ0) is 20.1. The number of carbonyl (C=O) groups excluding carboxylic acids is 1. The Balaban J connectivity index is 1.72. The molecule has 1 amide bonds. The Morgan fingerprint density at radius 2 is 2.14 bits per heavy atom. The maximum absolute atomic E-state index is 12.3. The van der Waals surface area contributed by atoms with E-state index in [-0.39, 0.29) is 11.9 Å². The van der Waals surface area contributed by atoms with Crippen LogP contribution in [0.5, 0.6) is 0 Å². The summed E-state index contributed by atoms with van der Waals surface area (Å²) < 4.78 is 0.577. The van der Waals surface area contributed by atoms with Crippen LogP contribution < -0.4 is 16.0 Å². The van der Waals surface area contributed by atoms with Crippen LogP contribution in [0.3, 0.4) is 0 Å². The number of thiophene rings is 1. The van der Waals surface area contributed by atoms with Crippen molar-refractivity contribution >= 4 is 52.4 Å². The first-order valence-electron chi connectivity index (χ1n) is 8.48. The number of nitrogens with zero attached hydrogens (tertiary/aromatic N) is 2. The molecule has 3 rings (SSSR count). The van der Waals surface area contributed by atoms with Gasteiger partial charge in [0.05, 0.1) is 21.5 Å². The number of rotatable bonds is 7. The highest BCUT2D eigenvalue weighted by atomic mass is 35.5. The molecule has 0 aliphatic rings. The van der Waals surface area contributed by atoms with Gasteiger partial charge in [-0.1, -0.05) is 23.7 Å². The third-order valence-electron chi connectivity index (χ3n) is 3.98. The number of carbonyl (C=O) groups is 1. The number of amides is 1. The summed E-state index contributed by atoms with van der Waals surface area (Å²) in [7, 11) is 1.73. The SMILES string of the molecule is CNc1nc(N[C@@H](C)c2cccc(NC(=O)c3ccc(Cl)s3)c2)cnc1C=N. The van der Waals surface area contributed by atoms with Crippen LogP contribution >= 0.6 is 22.9 Å². The van der Waals surface area contributed by atoms with Gasteiger partial charge < -0.3 is 21.4 Å². The maximum Gasteiger partial charge on any atom is 0.265 e. The molecule has 2 aromatic heterocycles. The molecule has 3 aromatic rings. The van der Waals surface area contributed by atoms with Gasteiger partial charge >= 0.3 is 0 Å². The van der Waals surface area contributed by atoms with Crippen molar-refractivity contribution in [2.45, 2.75) is 13.0 Å². The first kappa shape index (κ1) is 19.8. The van der Waals surface area contributed by atoms with E-state index in [0.29, 0.717) is 32.2 Å². The van der Waals surface area contributed by atoms with E-state index in [1.54, 1.807) is 25.4 Å². The van der Waals surface area contributed by atoms with E-state index in [4.69, 9.17) is 17.0 Å². The minimum absolute atomic E-state index is 0.0714. The lowest BCUT2D eigenvalue weighted by molar-refractivity contribution is 0.103. The van der Waals surface area contributed by atoms with Crippen LogP contribution in [0.4, 0.5) is 17.3 Å². The monoisotopic (exact) mass is 414 g/mol. The van der Waals surface area contributed by atoms with E-state index in [9.17, 15) is 4.79 Å². The van der Waals surface area contributed by atoms with Crippen molar-refractivity contribution in [1.29, 1.82) is 5.41 Å². The summed E-state index contributed by atoms with van der Waals surface area (Å²) in [4.78, 5) is 21.5. The molecule has 0 spiro atoms. The Labute approximate surface area is 171 Å². The van der Waals surface area contributed by atoms with Crippen molar-refractivity contribution in [2.75, 3.05) is 23.0 Å². The topological polar surface area (TPSA) is 103 Å². The maximum atomic E-state index is 12.3. The smallest absolute Gasteiger partial charge is 0.265 e. The van der Waals surface area contributed by atoms with Crippen molar-refractivity contribution in [2.24, 2.45) is 0 Å². The first-order valence-corrected chi connectivity index (χ1v) is 9.68. The summed E-state index contributed by atoms with van der Waals surface area (Å²) in [5.41, 5.74) is 2.15. The molecule has 0 aliphatic heterocycles. The quantitative estimate of drug-likeness (QED) is 0.421. The van der Waals surface area contributed by atoms with Gasteiger partial charge in [-0.25, -0.2) is 9.97 Å². The molecule has 1 aromatic carbocycles. The van der Waals surface area contributed by atoms with Crippen molar-refractivity contribution in [3.8, 4) is 0 Å². The number of nitrogens with one attached hydrogen (secondary N) is 4. The van der Waals surface area contributed by atoms with Crippen LogP contribution in [0.15, 0.2) is 42.6 Å². The Hall–Kier alpha value is -2.97. The fourth-order valence-corrected chi connectivity index (χ4v) is 3.52. The second-order valence-electron chi connectivity index (χ2n) is 5.93. The third kappa shape index (κ3) is 4.65. The first-order chi connectivity index (χ1) is 13.5. The normalized spacial score (nSPS) is 11.5. The number of aromatic nitrogens is 2. The van der Waals surface area contributed by atoms with E-state index >= 15 is 0 Å². The molecule has 0 aliphatic carbocycles. The highest BCUT2D eigenvalue weighted by Crippen LogP contribution is 2.24. The largest absolute Gasteiger partial charge is 0.371 e. The molecular formula is C19H19ClN6OS. The molecule has 0 bridgehead atoms. The summed E-state index contributed by atoms with van der Waals surface area (Å²) in [5.74, 6) is 0.925. The van der Waals surface area contributed by atoms with E-state index in [1.165, 1.54) is 11.3 Å². The number of hydrogen-bond acceptors (Lipinski definition) is 7. The van der Waals surface area contributed by atoms with Crippen LogP contribution in [0, 0.1) is 5.41 Å². The fourth-order valence-electron chi connectivity index (χ4n) is 2.58. The van der Waals surface area contributed by atoms with Crippen molar-refractivity contribution < 1.29 is 4.79 Å². The molecule has 1 atom stereocenters. The van der Waals surface area contributed by atoms with Gasteiger partial charge in [-0.15, -0.1) is 11.3 Å². The Morgan fingerprint density at radius 3 is 2.82 bits per heavy atom. The minimum Gasteiger partial charge on any atom is -0.371 e. The van der Waals surface area contributed by atoms with Crippen LogP contribution in [-0.4, -0.2) is 29.1 Å². The van der Waals surface area contributed by atoms with Gasteiger partial charge in [-0.3, -0.25) is 4.79 Å². The molecule has 0 saturated heterocycles. The average Bonchev–Trinajstić information content (AvgIpc) is 3.14. The lowest BCUT2D eigenvalue weighted by atomic mass is 10.1. The highest BCUT2D eigenvalue weighted by Gasteiger charge is 2.12. The highest BCUT2D eigenvalue weighted by molar-refractivity contribution is 7.18. The van der Waals surface area contributed by atoms with Crippen LogP contribution in [-0.2, 0) is 0 Å². The second kappa shape index (κ2) is 8.81. The Bertz CT molecular complexity index is 1010. The van der Waals surface area contributed by atoms with Crippen LogP contribution in [0.2, 0.25) is 4.34 Å². The molecular weight excluding hydrogens is 396 g/mol. The van der Waals surface area contributed by atoms with E-state index in [1.807, 2.05) is 31.2 Å². The summed E-state index contributed by atoms with van der Waals surface area (Å²) >= 11 is 7.13. The van der Waals surface area contributed by atoms with E-state index in [2.05, 4.69) is 25.9 Å². The van der Waals surface area contributed by atoms with Gasteiger partial charge in [0.15, 0.2) is 5.82 Å². The van der Waals surface area contributed by atoms with Gasteiger partial charge in [0, 0.05) is 18.9 Å². The standard InChI is InChI=1S/C19H19ClN6OS/c1-11(24-17-10-23-14(9-21)18(22-2)26-17)12-4-3-5-13(8-12)25-19(27)15-6-7-16(20)28-15/h3-11,21H,1-2H3,(H,25,27)(H2,22,24,26)/t11-/m0/s1. The predicted octanol–water partition coefficient (Wildman–Crippen LogP) is 4.66. The minimum atomic E-state index is -0.193. The number of hydrogen-bond donors (Lipinski definition) is 4. The third-order valence-corrected chi connectivity index (χ3v) is 5.21. The lowest BCUT2D eigenvalue weighted by Crippen LogP contribution is -2.12. The second-order valence-corrected chi connectivity index (χ2v) is 7.65. The summed E-state index contributed by atoms with van der Waals surface area (Å²) in [6, 6.07) is 10.9. The Morgan fingerprint density at radius 1 is 1.32 bits per heavy atom. The van der Waals surface area contributed by atoms with Crippen LogP contribution in [0.1, 0.15) is 33.9 Å². The van der Waals surface area contributed by atoms with Crippen LogP contribution in [0.25, 0.3) is 0 Å². The van der Waals surface area contributed by atoms with Crippen molar-refractivity contribution in [3.63, 3.8) is 0 Å². The zero-order valence-corrected chi connectivity index (χ0v) is 16.9. The van der Waals surface area contributed by atoms with Gasteiger partial charge in [-0.05, 0) is 36.8 Å². The van der Waals surface area contributed by atoms with Crippen molar-refractivity contribution in [3.05, 3.63) is 63.1 Å². The molecule has 4 N–H and O–H groups in total.